The molecule has 1 amide bonds. The van der Waals surface area contributed by atoms with Crippen LogP contribution in [0.25, 0.3) is 0 Å². The highest BCUT2D eigenvalue weighted by molar-refractivity contribution is 5.73. The Morgan fingerprint density at radius 1 is 1.23 bits per heavy atom. The third-order valence-corrected chi connectivity index (χ3v) is 2.07. The van der Waals surface area contributed by atoms with E-state index in [0.717, 1.165) is 25.9 Å². The van der Waals surface area contributed by atoms with Crippen molar-refractivity contribution in [3.8, 4) is 0 Å². The fourth-order valence-corrected chi connectivity index (χ4v) is 1.35. The number of primary amides is 1. The molecule has 0 bridgehead atoms. The normalized spacial score (nSPS) is 10.7. The topological polar surface area (TPSA) is 46.3 Å². The van der Waals surface area contributed by atoms with Gasteiger partial charge in [0.05, 0.1) is 0 Å². The summed E-state index contributed by atoms with van der Waals surface area (Å²) in [6.07, 6.45) is 4.96. The van der Waals surface area contributed by atoms with Crippen molar-refractivity contribution in [3.63, 3.8) is 0 Å². The van der Waals surface area contributed by atoms with Gasteiger partial charge in [-0.2, -0.15) is 0 Å². The summed E-state index contributed by atoms with van der Waals surface area (Å²) in [5.74, 6) is -0.179. The third kappa shape index (κ3) is 9.34. The second-order valence-corrected chi connectivity index (χ2v) is 3.58. The van der Waals surface area contributed by atoms with E-state index in [1.165, 1.54) is 12.8 Å². The van der Waals surface area contributed by atoms with Crippen molar-refractivity contribution in [3.05, 3.63) is 0 Å². The number of hydrogen-bond donors (Lipinski definition) is 1. The Hall–Kier alpha value is -0.570. The van der Waals surface area contributed by atoms with E-state index < -0.39 is 0 Å². The minimum absolute atomic E-state index is 0.179. The predicted molar refractivity (Wildman–Crippen MR) is 55.5 cm³/mol. The molecule has 0 aliphatic rings. The number of unbranched alkanes of at least 4 members (excludes halogenated alkanes) is 2. The minimum Gasteiger partial charge on any atom is -0.370 e. The molecule has 0 aromatic heterocycles. The number of amides is 1. The van der Waals surface area contributed by atoms with Crippen molar-refractivity contribution in [2.24, 2.45) is 5.73 Å². The molecule has 2 N–H and O–H groups in total. The van der Waals surface area contributed by atoms with Crippen LogP contribution in [0.2, 0.25) is 0 Å². The molecule has 0 rings (SSSR count). The summed E-state index contributed by atoms with van der Waals surface area (Å²) in [5.41, 5.74) is 5.03. The van der Waals surface area contributed by atoms with E-state index in [4.69, 9.17) is 5.73 Å². The smallest absolute Gasteiger partial charge is 0.217 e. The number of nitrogens with two attached hydrogens (primary N) is 1. The van der Waals surface area contributed by atoms with Gasteiger partial charge in [-0.25, -0.2) is 0 Å². The summed E-state index contributed by atoms with van der Waals surface area (Å²) in [7, 11) is 2.14. The highest BCUT2D eigenvalue weighted by atomic mass is 16.1. The predicted octanol–water partition coefficient (Wildman–Crippen LogP) is 1.37. The fourth-order valence-electron chi connectivity index (χ4n) is 1.35. The van der Waals surface area contributed by atoms with Gasteiger partial charge in [0.25, 0.3) is 0 Å². The van der Waals surface area contributed by atoms with Crippen LogP contribution < -0.4 is 5.73 Å². The molecule has 78 valence electrons. The standard InChI is InChI=1S/C10H22N2O/c1-3-8-12(2)9-6-4-5-7-10(11)13/h3-9H2,1-2H3,(H2,11,13). The van der Waals surface area contributed by atoms with Gasteiger partial charge in [0, 0.05) is 6.42 Å². The molecule has 0 aromatic carbocycles. The van der Waals surface area contributed by atoms with Crippen LogP contribution in [0.15, 0.2) is 0 Å². The molecule has 0 unspecified atom stereocenters. The number of rotatable bonds is 8. The lowest BCUT2D eigenvalue weighted by molar-refractivity contribution is -0.118. The first-order valence-corrected chi connectivity index (χ1v) is 5.13. The molecule has 3 nitrogen and oxygen atoms in total. The van der Waals surface area contributed by atoms with Gasteiger partial charge in [-0.05, 0) is 39.4 Å². The molecular weight excluding hydrogens is 164 g/mol. The van der Waals surface area contributed by atoms with Crippen LogP contribution >= 0.6 is 0 Å². The molecule has 0 radical (unpaired) electrons. The van der Waals surface area contributed by atoms with Crippen LogP contribution in [0, 0.1) is 0 Å². The highest BCUT2D eigenvalue weighted by Crippen LogP contribution is 2.00. The number of nitrogens with zero attached hydrogens (tertiary/aromatic N) is 1. The lowest BCUT2D eigenvalue weighted by atomic mass is 10.2. The second-order valence-electron chi connectivity index (χ2n) is 3.58. The molecular formula is C10H22N2O. The SMILES string of the molecule is CCCN(C)CCCCCC(N)=O. The first-order chi connectivity index (χ1) is 6.16. The number of carbonyl (C=O) groups is 1. The van der Waals surface area contributed by atoms with Crippen molar-refractivity contribution >= 4 is 5.91 Å². The van der Waals surface area contributed by atoms with Crippen molar-refractivity contribution in [2.45, 2.75) is 39.0 Å². The number of carbonyl (C=O) groups excluding carboxylic acids is 1. The van der Waals surface area contributed by atoms with E-state index in [2.05, 4.69) is 18.9 Å². The zero-order chi connectivity index (χ0) is 10.1. The number of hydrogen-bond acceptors (Lipinski definition) is 2. The quantitative estimate of drug-likeness (QED) is 0.582. The van der Waals surface area contributed by atoms with Crippen LogP contribution in [0.1, 0.15) is 39.0 Å². The average Bonchev–Trinajstić information content (AvgIpc) is 2.03. The lowest BCUT2D eigenvalue weighted by Gasteiger charge is -2.14. The van der Waals surface area contributed by atoms with Crippen LogP contribution in [-0.2, 0) is 4.79 Å². The Kier molecular flexibility index (Phi) is 7.69. The van der Waals surface area contributed by atoms with Crippen molar-refractivity contribution in [1.29, 1.82) is 0 Å². The van der Waals surface area contributed by atoms with Gasteiger partial charge in [-0.3, -0.25) is 4.79 Å². The lowest BCUT2D eigenvalue weighted by Crippen LogP contribution is -2.20. The first-order valence-electron chi connectivity index (χ1n) is 5.13. The third-order valence-electron chi connectivity index (χ3n) is 2.07. The zero-order valence-electron chi connectivity index (χ0n) is 8.88. The van der Waals surface area contributed by atoms with Gasteiger partial charge in [0.1, 0.15) is 0 Å². The molecule has 13 heavy (non-hydrogen) atoms. The molecule has 0 saturated carbocycles. The van der Waals surface area contributed by atoms with E-state index in [1.807, 2.05) is 0 Å². The fraction of sp³-hybridized carbons (Fsp3) is 0.900. The van der Waals surface area contributed by atoms with Gasteiger partial charge in [-0.1, -0.05) is 13.3 Å². The molecule has 0 aliphatic heterocycles. The largest absolute Gasteiger partial charge is 0.370 e. The molecule has 0 heterocycles. The molecule has 3 heteroatoms. The molecule has 0 aromatic rings. The van der Waals surface area contributed by atoms with E-state index in [9.17, 15) is 4.79 Å². The Morgan fingerprint density at radius 3 is 2.46 bits per heavy atom. The average molecular weight is 186 g/mol. The van der Waals surface area contributed by atoms with Crippen LogP contribution in [0.4, 0.5) is 0 Å². The first kappa shape index (κ1) is 12.4. The van der Waals surface area contributed by atoms with Crippen LogP contribution in [-0.4, -0.2) is 30.9 Å². The highest BCUT2D eigenvalue weighted by Gasteiger charge is 1.97. The molecule has 0 spiro atoms. The molecule has 0 atom stereocenters. The molecule has 0 fully saturated rings. The van der Waals surface area contributed by atoms with E-state index in [-0.39, 0.29) is 5.91 Å². The Morgan fingerprint density at radius 2 is 1.92 bits per heavy atom. The van der Waals surface area contributed by atoms with Crippen molar-refractivity contribution in [2.75, 3.05) is 20.1 Å². The van der Waals surface area contributed by atoms with Gasteiger partial charge >= 0.3 is 0 Å². The Bertz CT molecular complexity index is 137. The maximum atomic E-state index is 10.4. The van der Waals surface area contributed by atoms with Crippen molar-refractivity contribution < 1.29 is 4.79 Å². The van der Waals surface area contributed by atoms with Gasteiger partial charge in [0.15, 0.2) is 0 Å². The van der Waals surface area contributed by atoms with Gasteiger partial charge < -0.3 is 10.6 Å². The van der Waals surface area contributed by atoms with E-state index in [0.29, 0.717) is 6.42 Å². The summed E-state index contributed by atoms with van der Waals surface area (Å²) in [5, 5.41) is 0. The maximum Gasteiger partial charge on any atom is 0.217 e. The summed E-state index contributed by atoms with van der Waals surface area (Å²) < 4.78 is 0. The second kappa shape index (κ2) is 8.05. The summed E-state index contributed by atoms with van der Waals surface area (Å²) >= 11 is 0. The van der Waals surface area contributed by atoms with E-state index >= 15 is 0 Å². The Balaban J connectivity index is 3.11. The van der Waals surface area contributed by atoms with Crippen molar-refractivity contribution in [1.82, 2.24) is 4.90 Å². The Labute approximate surface area is 81.3 Å². The molecule has 0 saturated heterocycles. The summed E-state index contributed by atoms with van der Waals surface area (Å²) in [4.78, 5) is 12.7. The van der Waals surface area contributed by atoms with Crippen LogP contribution in [0.3, 0.4) is 0 Å². The monoisotopic (exact) mass is 186 g/mol. The summed E-state index contributed by atoms with van der Waals surface area (Å²) in [6, 6.07) is 0. The van der Waals surface area contributed by atoms with Crippen LogP contribution in [0.5, 0.6) is 0 Å². The maximum absolute atomic E-state index is 10.4. The zero-order valence-corrected chi connectivity index (χ0v) is 8.88. The minimum atomic E-state index is -0.179. The van der Waals surface area contributed by atoms with E-state index in [1.54, 1.807) is 0 Å². The summed E-state index contributed by atoms with van der Waals surface area (Å²) in [6.45, 7) is 4.48. The molecule has 0 aliphatic carbocycles. The van der Waals surface area contributed by atoms with Gasteiger partial charge in [0.2, 0.25) is 5.91 Å². The van der Waals surface area contributed by atoms with Gasteiger partial charge in [-0.15, -0.1) is 0 Å².